The second-order valence-corrected chi connectivity index (χ2v) is 5.61. The number of rotatable bonds is 5. The molecule has 0 bridgehead atoms. The molecule has 0 heterocycles. The number of carbonyl (C=O) groups is 2. The number of benzene rings is 3. The van der Waals surface area contributed by atoms with Gasteiger partial charge in [0.25, 0.3) is 11.8 Å². The lowest BCUT2D eigenvalue weighted by Gasteiger charge is -2.10. The highest BCUT2D eigenvalue weighted by Gasteiger charge is 2.19. The van der Waals surface area contributed by atoms with Gasteiger partial charge in [-0.2, -0.15) is 0 Å². The highest BCUT2D eigenvalue weighted by molar-refractivity contribution is 6.28. The minimum atomic E-state index is -0.464. The van der Waals surface area contributed by atoms with Gasteiger partial charge in [-0.1, -0.05) is 66.7 Å². The van der Waals surface area contributed by atoms with Crippen molar-refractivity contribution >= 4 is 29.3 Å². The molecule has 4 heteroatoms. The Morgan fingerprint density at radius 2 is 0.962 bits per heavy atom. The van der Waals surface area contributed by atoms with Crippen molar-refractivity contribution in [1.29, 1.82) is 0 Å². The summed E-state index contributed by atoms with van der Waals surface area (Å²) >= 11 is 0. The lowest BCUT2D eigenvalue weighted by molar-refractivity contribution is -0.118. The number of para-hydroxylation sites is 2. The molecule has 0 unspecified atom stereocenters. The van der Waals surface area contributed by atoms with E-state index in [1.807, 2.05) is 66.7 Å². The normalized spacial score (nSPS) is 9.85. The zero-order chi connectivity index (χ0) is 18.2. The number of anilines is 2. The van der Waals surface area contributed by atoms with Crippen molar-refractivity contribution < 1.29 is 9.59 Å². The first-order valence-electron chi connectivity index (χ1n) is 8.22. The van der Waals surface area contributed by atoms with Gasteiger partial charge < -0.3 is 10.6 Å². The largest absolute Gasteiger partial charge is 0.322 e. The van der Waals surface area contributed by atoms with Crippen LogP contribution in [0, 0.1) is 0 Å². The summed E-state index contributed by atoms with van der Waals surface area (Å²) in [7, 11) is 0. The number of hydrogen-bond donors (Lipinski definition) is 2. The first kappa shape index (κ1) is 17.2. The summed E-state index contributed by atoms with van der Waals surface area (Å²) in [6.07, 6.45) is 1.58. The van der Waals surface area contributed by atoms with Gasteiger partial charge in [-0.15, -0.1) is 0 Å². The first-order chi connectivity index (χ1) is 12.7. The molecule has 0 aliphatic carbocycles. The molecule has 3 rings (SSSR count). The Hall–Kier alpha value is -3.66. The van der Waals surface area contributed by atoms with E-state index in [1.54, 1.807) is 30.3 Å². The van der Waals surface area contributed by atoms with Crippen LogP contribution in [0.15, 0.2) is 96.6 Å². The van der Waals surface area contributed by atoms with Crippen molar-refractivity contribution in [1.82, 2.24) is 0 Å². The lowest BCUT2D eigenvalue weighted by Crippen LogP contribution is -2.25. The van der Waals surface area contributed by atoms with Gasteiger partial charge in [-0.3, -0.25) is 9.59 Å². The Morgan fingerprint density at radius 1 is 0.577 bits per heavy atom. The molecule has 128 valence electrons. The summed E-state index contributed by atoms with van der Waals surface area (Å²) in [5, 5.41) is 5.52. The molecule has 3 aromatic rings. The van der Waals surface area contributed by atoms with Gasteiger partial charge in [0.2, 0.25) is 0 Å². The Labute approximate surface area is 152 Å². The van der Waals surface area contributed by atoms with Crippen molar-refractivity contribution in [2.45, 2.75) is 0 Å². The Kier molecular flexibility index (Phi) is 5.58. The molecule has 0 radical (unpaired) electrons. The quantitative estimate of drug-likeness (QED) is 0.411. The number of amides is 2. The van der Waals surface area contributed by atoms with Crippen molar-refractivity contribution in [2.75, 3.05) is 10.6 Å². The Balaban J connectivity index is 1.87. The van der Waals surface area contributed by atoms with Crippen LogP contribution in [0.3, 0.4) is 0 Å². The zero-order valence-electron chi connectivity index (χ0n) is 14.1. The average Bonchev–Trinajstić information content (AvgIpc) is 2.68. The van der Waals surface area contributed by atoms with Crippen molar-refractivity contribution in [3.8, 4) is 0 Å². The summed E-state index contributed by atoms with van der Waals surface area (Å²) < 4.78 is 0. The number of hydrogen-bond acceptors (Lipinski definition) is 2. The molecule has 0 aliphatic heterocycles. The van der Waals surface area contributed by atoms with Crippen LogP contribution >= 0.6 is 0 Å². The number of carbonyl (C=O) groups excluding carboxylic acids is 2. The van der Waals surface area contributed by atoms with Gasteiger partial charge in [0.05, 0.1) is 0 Å². The molecule has 26 heavy (non-hydrogen) atoms. The van der Waals surface area contributed by atoms with E-state index in [-0.39, 0.29) is 5.57 Å². The van der Waals surface area contributed by atoms with E-state index < -0.39 is 11.8 Å². The molecule has 0 spiro atoms. The van der Waals surface area contributed by atoms with E-state index in [4.69, 9.17) is 0 Å². The van der Waals surface area contributed by atoms with Crippen LogP contribution in [0.1, 0.15) is 5.56 Å². The molecule has 2 amide bonds. The number of nitrogens with one attached hydrogen (secondary N) is 2. The lowest BCUT2D eigenvalue weighted by atomic mass is 10.1. The average molecular weight is 342 g/mol. The maximum absolute atomic E-state index is 12.7. The third-order valence-electron chi connectivity index (χ3n) is 3.66. The fraction of sp³-hybridized carbons (Fsp3) is 0. The third kappa shape index (κ3) is 4.68. The minimum Gasteiger partial charge on any atom is -0.322 e. The molecule has 3 aromatic carbocycles. The maximum atomic E-state index is 12.7. The molecule has 4 nitrogen and oxygen atoms in total. The molecule has 0 atom stereocenters. The Morgan fingerprint density at radius 3 is 1.38 bits per heavy atom. The predicted octanol–water partition coefficient (Wildman–Crippen LogP) is 4.35. The zero-order valence-corrected chi connectivity index (χ0v) is 14.1. The molecule has 2 N–H and O–H groups in total. The van der Waals surface area contributed by atoms with Crippen LogP contribution in [0.5, 0.6) is 0 Å². The van der Waals surface area contributed by atoms with E-state index >= 15 is 0 Å². The summed E-state index contributed by atoms with van der Waals surface area (Å²) in [6.45, 7) is 0. The summed E-state index contributed by atoms with van der Waals surface area (Å²) in [5.41, 5.74) is 2.06. The highest BCUT2D eigenvalue weighted by Crippen LogP contribution is 2.14. The molecular formula is C22H18N2O2. The Bertz CT molecular complexity index is 849. The van der Waals surface area contributed by atoms with Gasteiger partial charge >= 0.3 is 0 Å². The van der Waals surface area contributed by atoms with E-state index in [1.165, 1.54) is 0 Å². The van der Waals surface area contributed by atoms with Crippen LogP contribution < -0.4 is 10.6 Å². The van der Waals surface area contributed by atoms with Gasteiger partial charge in [-0.05, 0) is 35.9 Å². The topological polar surface area (TPSA) is 58.2 Å². The molecule has 0 saturated carbocycles. The van der Waals surface area contributed by atoms with Gasteiger partial charge in [0, 0.05) is 11.4 Å². The van der Waals surface area contributed by atoms with E-state index in [2.05, 4.69) is 10.6 Å². The third-order valence-corrected chi connectivity index (χ3v) is 3.66. The highest BCUT2D eigenvalue weighted by atomic mass is 16.2. The first-order valence-corrected chi connectivity index (χ1v) is 8.22. The van der Waals surface area contributed by atoms with Crippen molar-refractivity contribution in [2.24, 2.45) is 0 Å². The maximum Gasteiger partial charge on any atom is 0.261 e. The second-order valence-electron chi connectivity index (χ2n) is 5.61. The van der Waals surface area contributed by atoms with E-state index in [0.29, 0.717) is 11.4 Å². The monoisotopic (exact) mass is 342 g/mol. The van der Waals surface area contributed by atoms with Crippen LogP contribution in [0.2, 0.25) is 0 Å². The molecule has 0 saturated heterocycles. The predicted molar refractivity (Wildman–Crippen MR) is 105 cm³/mol. The van der Waals surface area contributed by atoms with Gasteiger partial charge in [0.15, 0.2) is 0 Å². The molecular weight excluding hydrogens is 324 g/mol. The summed E-state index contributed by atoms with van der Waals surface area (Å²) in [4.78, 5) is 25.4. The van der Waals surface area contributed by atoms with Crippen LogP contribution in [0.25, 0.3) is 6.08 Å². The standard InChI is InChI=1S/C22H18N2O2/c25-21(23-18-12-6-2-7-13-18)20(16-17-10-4-1-5-11-17)22(26)24-19-14-8-3-9-15-19/h1-16H,(H,23,25)(H,24,26). The van der Waals surface area contributed by atoms with Crippen molar-refractivity contribution in [3.05, 3.63) is 102 Å². The van der Waals surface area contributed by atoms with E-state index in [9.17, 15) is 9.59 Å². The van der Waals surface area contributed by atoms with Crippen LogP contribution in [-0.2, 0) is 9.59 Å². The van der Waals surface area contributed by atoms with Gasteiger partial charge in [-0.25, -0.2) is 0 Å². The SMILES string of the molecule is O=C(Nc1ccccc1)C(=Cc1ccccc1)C(=O)Nc1ccccc1. The van der Waals surface area contributed by atoms with Crippen molar-refractivity contribution in [3.63, 3.8) is 0 Å². The summed E-state index contributed by atoms with van der Waals surface area (Å²) in [6, 6.07) is 27.3. The van der Waals surface area contributed by atoms with E-state index in [0.717, 1.165) is 5.56 Å². The fourth-order valence-electron chi connectivity index (χ4n) is 2.39. The van der Waals surface area contributed by atoms with Crippen LogP contribution in [0.4, 0.5) is 11.4 Å². The van der Waals surface area contributed by atoms with Gasteiger partial charge in [0.1, 0.15) is 5.57 Å². The second kappa shape index (κ2) is 8.44. The van der Waals surface area contributed by atoms with Crippen LogP contribution in [-0.4, -0.2) is 11.8 Å². The molecule has 0 aromatic heterocycles. The summed E-state index contributed by atoms with van der Waals surface area (Å²) in [5.74, 6) is -0.929. The molecule has 0 fully saturated rings. The molecule has 0 aliphatic rings. The minimum absolute atomic E-state index is 0.0314. The fourth-order valence-corrected chi connectivity index (χ4v) is 2.39. The smallest absolute Gasteiger partial charge is 0.261 e.